The Bertz CT molecular complexity index is 423. The highest BCUT2D eigenvalue weighted by atomic mass is 35.5. The minimum atomic E-state index is -0.0362. The standard InChI is InChI=1S/C15H23N3O.2ClH/c16-14-7-4-6-13(12-14)15(19)17-8-5-11-18-9-2-1-3-10-18;;/h4,6-7,12H,1-3,5,8-11,16H2,(H,17,19);2*1H. The van der Waals surface area contributed by atoms with Gasteiger partial charge in [-0.3, -0.25) is 4.79 Å². The molecule has 0 saturated carbocycles. The highest BCUT2D eigenvalue weighted by molar-refractivity contribution is 5.94. The normalized spacial score (nSPS) is 14.7. The van der Waals surface area contributed by atoms with E-state index in [9.17, 15) is 4.79 Å². The van der Waals surface area contributed by atoms with Crippen LogP contribution in [-0.4, -0.2) is 37.0 Å². The zero-order valence-corrected chi connectivity index (χ0v) is 13.8. The smallest absolute Gasteiger partial charge is 0.251 e. The number of carbonyl (C=O) groups excluding carboxylic acids is 1. The Morgan fingerprint density at radius 2 is 1.90 bits per heavy atom. The van der Waals surface area contributed by atoms with Gasteiger partial charge in [-0.2, -0.15) is 0 Å². The summed E-state index contributed by atoms with van der Waals surface area (Å²) >= 11 is 0. The number of anilines is 1. The quantitative estimate of drug-likeness (QED) is 0.643. The molecule has 1 saturated heterocycles. The second-order valence-electron chi connectivity index (χ2n) is 5.14. The Hall–Kier alpha value is -0.970. The molecule has 0 spiro atoms. The van der Waals surface area contributed by atoms with E-state index in [0.717, 1.165) is 19.5 Å². The van der Waals surface area contributed by atoms with E-state index in [4.69, 9.17) is 5.73 Å². The second-order valence-corrected chi connectivity index (χ2v) is 5.14. The fourth-order valence-electron chi connectivity index (χ4n) is 2.47. The highest BCUT2D eigenvalue weighted by Crippen LogP contribution is 2.09. The van der Waals surface area contributed by atoms with Crippen LogP contribution < -0.4 is 11.1 Å². The molecule has 4 nitrogen and oxygen atoms in total. The predicted octanol–water partition coefficient (Wildman–Crippen LogP) is 2.72. The average Bonchev–Trinajstić information content (AvgIpc) is 2.44. The molecule has 0 atom stereocenters. The molecule has 1 aliphatic heterocycles. The molecule has 0 bridgehead atoms. The van der Waals surface area contributed by atoms with Crippen LogP contribution in [0.2, 0.25) is 0 Å². The molecule has 1 heterocycles. The van der Waals surface area contributed by atoms with Gasteiger partial charge in [0.15, 0.2) is 0 Å². The molecule has 0 aromatic heterocycles. The van der Waals surface area contributed by atoms with Gasteiger partial charge in [-0.05, 0) is 57.1 Å². The first kappa shape index (κ1) is 20.0. The third kappa shape index (κ3) is 7.02. The van der Waals surface area contributed by atoms with Gasteiger partial charge >= 0.3 is 0 Å². The van der Waals surface area contributed by atoms with Gasteiger partial charge in [0.05, 0.1) is 0 Å². The first-order chi connectivity index (χ1) is 9.25. The van der Waals surface area contributed by atoms with E-state index >= 15 is 0 Å². The first-order valence-corrected chi connectivity index (χ1v) is 7.12. The lowest BCUT2D eigenvalue weighted by Crippen LogP contribution is -2.33. The number of hydrogen-bond acceptors (Lipinski definition) is 3. The zero-order chi connectivity index (χ0) is 13.5. The van der Waals surface area contributed by atoms with E-state index < -0.39 is 0 Å². The number of likely N-dealkylation sites (tertiary alicyclic amines) is 1. The van der Waals surface area contributed by atoms with Gasteiger partial charge in [0.2, 0.25) is 0 Å². The lowest BCUT2D eigenvalue weighted by molar-refractivity contribution is 0.0951. The number of carbonyl (C=O) groups is 1. The van der Waals surface area contributed by atoms with Crippen molar-refractivity contribution in [1.82, 2.24) is 10.2 Å². The summed E-state index contributed by atoms with van der Waals surface area (Å²) in [6.07, 6.45) is 5.00. The monoisotopic (exact) mass is 333 g/mol. The Balaban J connectivity index is 0.00000200. The lowest BCUT2D eigenvalue weighted by atomic mass is 10.1. The molecule has 2 rings (SSSR count). The van der Waals surface area contributed by atoms with Crippen LogP contribution in [0.1, 0.15) is 36.0 Å². The topological polar surface area (TPSA) is 58.4 Å². The highest BCUT2D eigenvalue weighted by Gasteiger charge is 2.09. The molecule has 1 amide bonds. The van der Waals surface area contributed by atoms with E-state index in [2.05, 4.69) is 10.2 Å². The van der Waals surface area contributed by atoms with Crippen LogP contribution in [0.4, 0.5) is 5.69 Å². The molecular formula is C15H25Cl2N3O. The van der Waals surface area contributed by atoms with Crippen LogP contribution >= 0.6 is 24.8 Å². The molecule has 6 heteroatoms. The van der Waals surface area contributed by atoms with E-state index in [1.807, 2.05) is 0 Å². The lowest BCUT2D eigenvalue weighted by Gasteiger charge is -2.26. The average molecular weight is 334 g/mol. The molecule has 1 aromatic rings. The number of hydrogen-bond donors (Lipinski definition) is 2. The number of amides is 1. The van der Waals surface area contributed by atoms with Crippen LogP contribution in [-0.2, 0) is 0 Å². The number of rotatable bonds is 5. The van der Waals surface area contributed by atoms with Crippen LogP contribution in [0, 0.1) is 0 Å². The maximum Gasteiger partial charge on any atom is 0.251 e. The summed E-state index contributed by atoms with van der Waals surface area (Å²) in [5, 5.41) is 2.94. The zero-order valence-electron chi connectivity index (χ0n) is 12.2. The predicted molar refractivity (Wildman–Crippen MR) is 92.6 cm³/mol. The summed E-state index contributed by atoms with van der Waals surface area (Å²) < 4.78 is 0. The molecule has 3 N–H and O–H groups in total. The number of nitrogens with zero attached hydrogens (tertiary/aromatic N) is 1. The van der Waals surface area contributed by atoms with Crippen molar-refractivity contribution in [2.24, 2.45) is 0 Å². The van der Waals surface area contributed by atoms with Crippen molar-refractivity contribution in [2.45, 2.75) is 25.7 Å². The van der Waals surface area contributed by atoms with Crippen LogP contribution in [0.5, 0.6) is 0 Å². The largest absolute Gasteiger partial charge is 0.399 e. The van der Waals surface area contributed by atoms with E-state index in [1.54, 1.807) is 24.3 Å². The number of nitrogen functional groups attached to an aromatic ring is 1. The van der Waals surface area contributed by atoms with Crippen LogP contribution in [0.15, 0.2) is 24.3 Å². The third-order valence-electron chi connectivity index (χ3n) is 3.53. The summed E-state index contributed by atoms with van der Waals surface area (Å²) in [5.74, 6) is -0.0362. The van der Waals surface area contributed by atoms with Gasteiger partial charge in [0, 0.05) is 17.8 Å². The van der Waals surface area contributed by atoms with Crippen molar-refractivity contribution in [3.05, 3.63) is 29.8 Å². The molecule has 0 radical (unpaired) electrons. The molecule has 1 fully saturated rings. The molecule has 1 aliphatic rings. The van der Waals surface area contributed by atoms with Crippen molar-refractivity contribution < 1.29 is 4.79 Å². The molecule has 21 heavy (non-hydrogen) atoms. The minimum Gasteiger partial charge on any atom is -0.399 e. The van der Waals surface area contributed by atoms with Crippen molar-refractivity contribution >= 4 is 36.4 Å². The van der Waals surface area contributed by atoms with Crippen molar-refractivity contribution in [3.63, 3.8) is 0 Å². The molecule has 0 unspecified atom stereocenters. The molecule has 1 aromatic carbocycles. The number of piperidine rings is 1. The number of nitrogens with two attached hydrogens (primary N) is 1. The molecule has 120 valence electrons. The fourth-order valence-corrected chi connectivity index (χ4v) is 2.47. The van der Waals surface area contributed by atoms with Gasteiger partial charge in [-0.15, -0.1) is 24.8 Å². The van der Waals surface area contributed by atoms with Crippen LogP contribution in [0.3, 0.4) is 0 Å². The van der Waals surface area contributed by atoms with Crippen LogP contribution in [0.25, 0.3) is 0 Å². The van der Waals surface area contributed by atoms with Gasteiger partial charge in [-0.25, -0.2) is 0 Å². The number of benzene rings is 1. The van der Waals surface area contributed by atoms with Gasteiger partial charge in [-0.1, -0.05) is 12.5 Å². The second kappa shape index (κ2) is 10.7. The summed E-state index contributed by atoms with van der Waals surface area (Å²) in [5.41, 5.74) is 6.92. The fraction of sp³-hybridized carbons (Fsp3) is 0.533. The first-order valence-electron chi connectivity index (χ1n) is 7.12. The minimum absolute atomic E-state index is 0. The van der Waals surface area contributed by atoms with Gasteiger partial charge < -0.3 is 16.0 Å². The number of halogens is 2. The summed E-state index contributed by atoms with van der Waals surface area (Å²) in [4.78, 5) is 14.4. The summed E-state index contributed by atoms with van der Waals surface area (Å²) in [6, 6.07) is 7.08. The van der Waals surface area contributed by atoms with E-state index in [1.165, 1.54) is 32.4 Å². The van der Waals surface area contributed by atoms with Crippen molar-refractivity contribution in [2.75, 3.05) is 31.9 Å². The van der Waals surface area contributed by atoms with Gasteiger partial charge in [0.25, 0.3) is 5.91 Å². The van der Waals surface area contributed by atoms with Gasteiger partial charge in [0.1, 0.15) is 0 Å². The Labute approximate surface area is 139 Å². The van der Waals surface area contributed by atoms with E-state index in [-0.39, 0.29) is 30.7 Å². The Kier molecular flexibility index (Phi) is 10.2. The number of nitrogens with one attached hydrogen (secondary N) is 1. The third-order valence-corrected chi connectivity index (χ3v) is 3.53. The van der Waals surface area contributed by atoms with Crippen molar-refractivity contribution in [1.29, 1.82) is 0 Å². The maximum absolute atomic E-state index is 11.9. The van der Waals surface area contributed by atoms with E-state index in [0.29, 0.717) is 11.3 Å². The Morgan fingerprint density at radius 3 is 2.57 bits per heavy atom. The SMILES string of the molecule is Cl.Cl.Nc1cccc(C(=O)NCCCN2CCCCC2)c1. The molecular weight excluding hydrogens is 309 g/mol. The Morgan fingerprint density at radius 1 is 1.19 bits per heavy atom. The molecule has 0 aliphatic carbocycles. The summed E-state index contributed by atoms with van der Waals surface area (Å²) in [7, 11) is 0. The van der Waals surface area contributed by atoms with Crippen molar-refractivity contribution in [3.8, 4) is 0 Å². The maximum atomic E-state index is 11.9. The summed E-state index contributed by atoms with van der Waals surface area (Å²) in [6.45, 7) is 4.23.